The van der Waals surface area contributed by atoms with Crippen LogP contribution in [0.15, 0.2) is 0 Å². The average molecular weight is 236 g/mol. The van der Waals surface area contributed by atoms with E-state index in [4.69, 9.17) is 0 Å². The number of piperidine rings is 1. The van der Waals surface area contributed by atoms with E-state index >= 15 is 0 Å². The highest BCUT2D eigenvalue weighted by atomic mass is 16.2. The van der Waals surface area contributed by atoms with Crippen molar-refractivity contribution in [2.45, 2.75) is 51.0 Å². The van der Waals surface area contributed by atoms with Gasteiger partial charge in [-0.1, -0.05) is 6.42 Å². The van der Waals surface area contributed by atoms with Crippen molar-refractivity contribution < 1.29 is 4.79 Å². The van der Waals surface area contributed by atoms with Crippen LogP contribution in [0.2, 0.25) is 0 Å². The van der Waals surface area contributed by atoms with Crippen LogP contribution in [0.3, 0.4) is 0 Å². The molecule has 1 saturated heterocycles. The monoisotopic (exact) mass is 236 g/mol. The predicted octanol–water partition coefficient (Wildman–Crippen LogP) is 1.68. The molecule has 3 fully saturated rings. The van der Waals surface area contributed by atoms with E-state index in [1.54, 1.807) is 0 Å². The summed E-state index contributed by atoms with van der Waals surface area (Å²) in [6, 6.07) is 0.0859. The largest absolute Gasteiger partial charge is 0.354 e. The van der Waals surface area contributed by atoms with E-state index < -0.39 is 0 Å². The van der Waals surface area contributed by atoms with Gasteiger partial charge >= 0.3 is 0 Å². The van der Waals surface area contributed by atoms with Crippen molar-refractivity contribution in [3.8, 4) is 0 Å². The molecule has 3 aliphatic rings. The summed E-state index contributed by atoms with van der Waals surface area (Å²) < 4.78 is 0. The van der Waals surface area contributed by atoms with Crippen LogP contribution in [0.1, 0.15) is 44.9 Å². The van der Waals surface area contributed by atoms with Crippen molar-refractivity contribution in [1.29, 1.82) is 0 Å². The maximum atomic E-state index is 12.0. The standard InChI is InChI=1S/C14H24N2O/c17-14(13-3-1-2-8-15-13)16-9-12(10-4-5-10)11-6-7-11/h10-13,15H,1-9H2,(H,16,17). The summed E-state index contributed by atoms with van der Waals surface area (Å²) in [5.41, 5.74) is 0. The summed E-state index contributed by atoms with van der Waals surface area (Å²) in [4.78, 5) is 12.0. The highest BCUT2D eigenvalue weighted by Crippen LogP contribution is 2.48. The molecule has 0 spiro atoms. The minimum absolute atomic E-state index is 0.0859. The molecular weight excluding hydrogens is 212 g/mol. The lowest BCUT2D eigenvalue weighted by Crippen LogP contribution is -2.47. The second-order valence-corrected chi connectivity index (χ2v) is 6.09. The Morgan fingerprint density at radius 1 is 1.12 bits per heavy atom. The van der Waals surface area contributed by atoms with Crippen LogP contribution < -0.4 is 10.6 Å². The number of amides is 1. The predicted molar refractivity (Wildman–Crippen MR) is 67.6 cm³/mol. The lowest BCUT2D eigenvalue weighted by molar-refractivity contribution is -0.123. The van der Waals surface area contributed by atoms with Gasteiger partial charge in [0.15, 0.2) is 0 Å². The molecule has 0 aromatic heterocycles. The minimum Gasteiger partial charge on any atom is -0.354 e. The third-order valence-electron chi connectivity index (χ3n) is 4.59. The Morgan fingerprint density at radius 3 is 2.35 bits per heavy atom. The second-order valence-electron chi connectivity index (χ2n) is 6.09. The topological polar surface area (TPSA) is 41.1 Å². The molecule has 0 radical (unpaired) electrons. The van der Waals surface area contributed by atoms with Crippen molar-refractivity contribution in [1.82, 2.24) is 10.6 Å². The summed E-state index contributed by atoms with van der Waals surface area (Å²) in [5, 5.41) is 6.51. The van der Waals surface area contributed by atoms with Gasteiger partial charge in [-0.3, -0.25) is 4.79 Å². The van der Waals surface area contributed by atoms with E-state index in [9.17, 15) is 4.79 Å². The van der Waals surface area contributed by atoms with Crippen LogP contribution in [0.5, 0.6) is 0 Å². The smallest absolute Gasteiger partial charge is 0.237 e. The molecular formula is C14H24N2O. The molecule has 2 saturated carbocycles. The van der Waals surface area contributed by atoms with Gasteiger partial charge in [-0.25, -0.2) is 0 Å². The Labute approximate surface area is 104 Å². The quantitative estimate of drug-likeness (QED) is 0.762. The van der Waals surface area contributed by atoms with E-state index in [1.165, 1.54) is 38.5 Å². The Balaban J connectivity index is 1.44. The zero-order chi connectivity index (χ0) is 11.7. The van der Waals surface area contributed by atoms with Gasteiger partial charge in [0.2, 0.25) is 5.91 Å². The Kier molecular flexibility index (Phi) is 3.37. The van der Waals surface area contributed by atoms with Crippen LogP contribution in [0.25, 0.3) is 0 Å². The highest BCUT2D eigenvalue weighted by molar-refractivity contribution is 5.81. The first kappa shape index (κ1) is 11.5. The number of carbonyl (C=O) groups is 1. The molecule has 1 atom stereocenters. The molecule has 1 unspecified atom stereocenters. The van der Waals surface area contributed by atoms with Gasteiger partial charge in [0.25, 0.3) is 0 Å². The molecule has 96 valence electrons. The fraction of sp³-hybridized carbons (Fsp3) is 0.929. The van der Waals surface area contributed by atoms with Crippen molar-refractivity contribution in [2.75, 3.05) is 13.1 Å². The molecule has 3 nitrogen and oxygen atoms in total. The number of hydrogen-bond acceptors (Lipinski definition) is 2. The molecule has 2 N–H and O–H groups in total. The highest BCUT2D eigenvalue weighted by Gasteiger charge is 2.41. The van der Waals surface area contributed by atoms with Crippen LogP contribution in [-0.4, -0.2) is 25.0 Å². The lowest BCUT2D eigenvalue weighted by Gasteiger charge is -2.24. The van der Waals surface area contributed by atoms with Gasteiger partial charge < -0.3 is 10.6 Å². The molecule has 0 bridgehead atoms. The lowest BCUT2D eigenvalue weighted by atomic mass is 9.97. The van der Waals surface area contributed by atoms with Crippen LogP contribution in [0.4, 0.5) is 0 Å². The fourth-order valence-corrected chi connectivity index (χ4v) is 3.18. The molecule has 0 aromatic carbocycles. The van der Waals surface area contributed by atoms with Crippen LogP contribution in [0, 0.1) is 17.8 Å². The van der Waals surface area contributed by atoms with E-state index in [0.717, 1.165) is 37.3 Å². The molecule has 2 aliphatic carbocycles. The van der Waals surface area contributed by atoms with Crippen LogP contribution in [-0.2, 0) is 4.79 Å². The molecule has 1 heterocycles. The molecule has 3 heteroatoms. The van der Waals surface area contributed by atoms with E-state index in [-0.39, 0.29) is 11.9 Å². The number of nitrogens with one attached hydrogen (secondary N) is 2. The molecule has 3 rings (SSSR count). The van der Waals surface area contributed by atoms with Gasteiger partial charge in [0.1, 0.15) is 0 Å². The molecule has 1 aliphatic heterocycles. The third-order valence-corrected chi connectivity index (χ3v) is 4.59. The first-order valence-electron chi connectivity index (χ1n) is 7.35. The zero-order valence-electron chi connectivity index (χ0n) is 10.6. The van der Waals surface area contributed by atoms with Crippen LogP contribution >= 0.6 is 0 Å². The zero-order valence-corrected chi connectivity index (χ0v) is 10.6. The van der Waals surface area contributed by atoms with Crippen molar-refractivity contribution in [3.63, 3.8) is 0 Å². The summed E-state index contributed by atoms with van der Waals surface area (Å²) in [6.07, 6.45) is 9.04. The van der Waals surface area contributed by atoms with Gasteiger partial charge in [0, 0.05) is 6.54 Å². The average Bonchev–Trinajstić information content (AvgIpc) is 3.24. The molecule has 1 amide bonds. The first-order valence-corrected chi connectivity index (χ1v) is 7.35. The van der Waals surface area contributed by atoms with Gasteiger partial charge in [-0.2, -0.15) is 0 Å². The SMILES string of the molecule is O=C(NCC(C1CC1)C1CC1)C1CCCCN1. The Hall–Kier alpha value is -0.570. The number of hydrogen-bond donors (Lipinski definition) is 2. The van der Waals surface area contributed by atoms with Gasteiger partial charge in [-0.05, 0) is 62.8 Å². The van der Waals surface area contributed by atoms with Crippen molar-refractivity contribution in [2.24, 2.45) is 17.8 Å². The molecule has 17 heavy (non-hydrogen) atoms. The minimum atomic E-state index is 0.0859. The first-order chi connectivity index (χ1) is 8.34. The summed E-state index contributed by atoms with van der Waals surface area (Å²) in [5.74, 6) is 2.91. The summed E-state index contributed by atoms with van der Waals surface area (Å²) in [6.45, 7) is 1.94. The van der Waals surface area contributed by atoms with E-state index in [1.807, 2.05) is 0 Å². The number of rotatable bonds is 5. The normalized spacial score (nSPS) is 29.4. The van der Waals surface area contributed by atoms with Crippen molar-refractivity contribution in [3.05, 3.63) is 0 Å². The van der Waals surface area contributed by atoms with E-state index in [2.05, 4.69) is 10.6 Å². The van der Waals surface area contributed by atoms with Gasteiger partial charge in [-0.15, -0.1) is 0 Å². The van der Waals surface area contributed by atoms with E-state index in [0.29, 0.717) is 0 Å². The second kappa shape index (κ2) is 4.97. The maximum Gasteiger partial charge on any atom is 0.237 e. The fourth-order valence-electron chi connectivity index (χ4n) is 3.18. The molecule has 0 aromatic rings. The Morgan fingerprint density at radius 2 is 1.82 bits per heavy atom. The summed E-state index contributed by atoms with van der Waals surface area (Å²) in [7, 11) is 0. The summed E-state index contributed by atoms with van der Waals surface area (Å²) >= 11 is 0. The maximum absolute atomic E-state index is 12.0. The Bertz CT molecular complexity index is 266. The van der Waals surface area contributed by atoms with Gasteiger partial charge in [0.05, 0.1) is 6.04 Å². The third kappa shape index (κ3) is 3.01. The number of carbonyl (C=O) groups excluding carboxylic acids is 1. The van der Waals surface area contributed by atoms with Crippen molar-refractivity contribution >= 4 is 5.91 Å².